The van der Waals surface area contributed by atoms with Gasteiger partial charge < -0.3 is 10.1 Å². The van der Waals surface area contributed by atoms with Gasteiger partial charge in [-0.25, -0.2) is 13.1 Å². The highest BCUT2D eigenvalue weighted by atomic mass is 32.2. The molecule has 3 aromatic carbocycles. The normalized spacial score (nSPS) is 16.3. The van der Waals surface area contributed by atoms with Crippen LogP contribution in [-0.4, -0.2) is 41.7 Å². The Balaban J connectivity index is 1.46. The monoisotopic (exact) mass is 552 g/mol. The number of para-hydroxylation sites is 1. The Kier molecular flexibility index (Phi) is 7.80. The number of ether oxygens (including phenoxy) is 1. The Hall–Kier alpha value is -4.68. The number of aromatic nitrogens is 2. The molecule has 1 N–H and O–H groups in total. The Bertz CT molecular complexity index is 1700. The van der Waals surface area contributed by atoms with Gasteiger partial charge in [0.15, 0.2) is 9.84 Å². The van der Waals surface area contributed by atoms with E-state index in [4.69, 9.17) is 9.84 Å². The Morgan fingerprint density at radius 3 is 2.60 bits per heavy atom. The van der Waals surface area contributed by atoms with Gasteiger partial charge in [-0.1, -0.05) is 60.2 Å². The number of aryl methyl sites for hydroxylation is 1. The van der Waals surface area contributed by atoms with Crippen LogP contribution in [0.3, 0.4) is 0 Å². The van der Waals surface area contributed by atoms with E-state index >= 15 is 0 Å². The predicted molar refractivity (Wildman–Crippen MR) is 153 cm³/mol. The second-order valence-electron chi connectivity index (χ2n) is 9.76. The van der Waals surface area contributed by atoms with Crippen LogP contribution in [-0.2, 0) is 21.2 Å². The number of nitriles is 1. The number of hydrogen-bond donors (Lipinski definition) is 1. The fourth-order valence-electron chi connectivity index (χ4n) is 4.49. The zero-order valence-corrected chi connectivity index (χ0v) is 22.8. The molecule has 4 aromatic rings. The molecule has 202 valence electrons. The Labute approximate surface area is 233 Å². The van der Waals surface area contributed by atoms with Gasteiger partial charge in [-0.15, -0.1) is 0 Å². The first-order valence-electron chi connectivity index (χ1n) is 12.9. The molecule has 1 fully saturated rings. The molecule has 1 aliphatic rings. The number of sulfone groups is 1. The molecule has 1 saturated heterocycles. The number of nitrogens with one attached hydrogen (secondary N) is 1. The lowest BCUT2D eigenvalue weighted by molar-refractivity contribution is -0.117. The van der Waals surface area contributed by atoms with Crippen molar-refractivity contribution in [2.75, 3.05) is 11.5 Å². The fourth-order valence-corrected chi connectivity index (χ4v) is 6.16. The summed E-state index contributed by atoms with van der Waals surface area (Å²) in [7, 11) is -3.17. The van der Waals surface area contributed by atoms with Gasteiger partial charge in [0.2, 0.25) is 0 Å². The highest BCUT2D eigenvalue weighted by molar-refractivity contribution is 7.91. The second kappa shape index (κ2) is 11.6. The molecule has 8 nitrogen and oxygen atoms in total. The maximum atomic E-state index is 12.9. The zero-order chi connectivity index (χ0) is 28.1. The van der Waals surface area contributed by atoms with Crippen molar-refractivity contribution in [1.82, 2.24) is 15.1 Å². The molecule has 1 aliphatic heterocycles. The highest BCUT2D eigenvalue weighted by Crippen LogP contribution is 2.29. The van der Waals surface area contributed by atoms with Crippen molar-refractivity contribution in [3.05, 3.63) is 107 Å². The summed E-state index contributed by atoms with van der Waals surface area (Å²) in [4.78, 5) is 12.9. The molecule has 40 heavy (non-hydrogen) atoms. The first-order valence-corrected chi connectivity index (χ1v) is 14.7. The van der Waals surface area contributed by atoms with Crippen LogP contribution < -0.4 is 10.1 Å². The summed E-state index contributed by atoms with van der Waals surface area (Å²) in [5.74, 6) is -0.0506. The molecule has 5 rings (SSSR count). The van der Waals surface area contributed by atoms with E-state index in [1.165, 1.54) is 11.6 Å². The van der Waals surface area contributed by atoms with Crippen LogP contribution in [0.2, 0.25) is 0 Å². The van der Waals surface area contributed by atoms with Gasteiger partial charge >= 0.3 is 0 Å². The lowest BCUT2D eigenvalue weighted by atomic mass is 10.1. The smallest absolute Gasteiger partial charge is 0.262 e. The van der Waals surface area contributed by atoms with Crippen LogP contribution in [0.5, 0.6) is 5.75 Å². The maximum Gasteiger partial charge on any atom is 0.262 e. The Morgan fingerprint density at radius 1 is 1.12 bits per heavy atom. The van der Waals surface area contributed by atoms with E-state index in [0.717, 1.165) is 16.8 Å². The molecule has 0 bridgehead atoms. The average molecular weight is 553 g/mol. The van der Waals surface area contributed by atoms with Gasteiger partial charge in [0.05, 0.1) is 17.2 Å². The highest BCUT2D eigenvalue weighted by Gasteiger charge is 2.29. The van der Waals surface area contributed by atoms with E-state index in [1.54, 1.807) is 10.9 Å². The molecule has 0 aliphatic carbocycles. The summed E-state index contributed by atoms with van der Waals surface area (Å²) in [6.45, 7) is 2.44. The van der Waals surface area contributed by atoms with E-state index in [1.807, 2.05) is 91.9 Å². The van der Waals surface area contributed by atoms with Crippen LogP contribution in [0.15, 0.2) is 90.6 Å². The number of benzene rings is 3. The predicted octanol–water partition coefficient (Wildman–Crippen LogP) is 4.64. The maximum absolute atomic E-state index is 12.9. The van der Waals surface area contributed by atoms with E-state index in [-0.39, 0.29) is 17.1 Å². The van der Waals surface area contributed by atoms with Gasteiger partial charge in [0.1, 0.15) is 29.7 Å². The summed E-state index contributed by atoms with van der Waals surface area (Å²) in [5, 5.41) is 17.3. The van der Waals surface area contributed by atoms with Crippen molar-refractivity contribution >= 4 is 21.8 Å². The fraction of sp³-hybridized carbons (Fsp3) is 0.194. The van der Waals surface area contributed by atoms with E-state index in [2.05, 4.69) is 5.32 Å². The molecule has 1 aromatic heterocycles. The minimum Gasteiger partial charge on any atom is -0.489 e. The van der Waals surface area contributed by atoms with Crippen LogP contribution in [0.4, 0.5) is 0 Å². The Morgan fingerprint density at radius 2 is 1.90 bits per heavy atom. The van der Waals surface area contributed by atoms with Gasteiger partial charge in [-0.05, 0) is 49.2 Å². The average Bonchev–Trinajstić information content (AvgIpc) is 3.54. The summed E-state index contributed by atoms with van der Waals surface area (Å²) in [6, 6.07) is 26.6. The molecule has 0 saturated carbocycles. The van der Waals surface area contributed by atoms with Crippen molar-refractivity contribution in [2.45, 2.75) is 26.0 Å². The third-order valence-electron chi connectivity index (χ3n) is 6.63. The van der Waals surface area contributed by atoms with Gasteiger partial charge in [-0.2, -0.15) is 10.4 Å². The molecular weight excluding hydrogens is 524 g/mol. The van der Waals surface area contributed by atoms with Crippen molar-refractivity contribution in [2.24, 2.45) is 0 Å². The van der Waals surface area contributed by atoms with E-state index in [0.29, 0.717) is 30.0 Å². The van der Waals surface area contributed by atoms with Crippen molar-refractivity contribution < 1.29 is 17.9 Å². The lowest BCUT2D eigenvalue weighted by Gasteiger charge is -2.10. The third-order valence-corrected chi connectivity index (χ3v) is 8.40. The first kappa shape index (κ1) is 26.9. The van der Waals surface area contributed by atoms with Gasteiger partial charge in [-0.3, -0.25) is 4.79 Å². The summed E-state index contributed by atoms with van der Waals surface area (Å²) in [5.41, 5.74) is 4.78. The van der Waals surface area contributed by atoms with Crippen LogP contribution in [0.25, 0.3) is 23.0 Å². The number of nitrogens with zero attached hydrogens (tertiary/aromatic N) is 3. The minimum atomic E-state index is -3.17. The molecule has 0 radical (unpaired) electrons. The van der Waals surface area contributed by atoms with E-state index < -0.39 is 21.8 Å². The second-order valence-corrected chi connectivity index (χ2v) is 12.0. The zero-order valence-electron chi connectivity index (χ0n) is 21.9. The van der Waals surface area contributed by atoms with Crippen molar-refractivity contribution in [3.63, 3.8) is 0 Å². The molecule has 1 unspecified atom stereocenters. The molecule has 9 heteroatoms. The topological polar surface area (TPSA) is 114 Å². The van der Waals surface area contributed by atoms with Crippen molar-refractivity contribution in [3.8, 4) is 28.8 Å². The van der Waals surface area contributed by atoms with Crippen molar-refractivity contribution in [1.29, 1.82) is 5.26 Å². The standard InChI is InChI=1S/C31H28N4O4S/c1-22-10-12-23(13-11-22)20-39-29-9-5-6-24(17-29)30-26(19-35(34-30)28-7-3-2-4-8-28)16-25(18-32)31(36)33-27-14-15-40(37,38)21-27/h2-13,16-17,19,27H,14-15,20-21H2,1H3,(H,33,36)/b25-16-. The molecular formula is C31H28N4O4S. The third kappa shape index (κ3) is 6.47. The summed E-state index contributed by atoms with van der Waals surface area (Å²) >= 11 is 0. The number of carbonyl (C=O) groups excluding carboxylic acids is 1. The first-order chi connectivity index (χ1) is 19.3. The minimum absolute atomic E-state index is 0.0276. The van der Waals surface area contributed by atoms with Crippen LogP contribution >= 0.6 is 0 Å². The lowest BCUT2D eigenvalue weighted by Crippen LogP contribution is -2.36. The number of hydrogen-bond acceptors (Lipinski definition) is 6. The van der Waals surface area contributed by atoms with Crippen LogP contribution in [0.1, 0.15) is 23.1 Å². The quantitative estimate of drug-likeness (QED) is 0.252. The summed E-state index contributed by atoms with van der Waals surface area (Å²) < 4.78 is 31.3. The molecule has 2 heterocycles. The molecule has 0 spiro atoms. The van der Waals surface area contributed by atoms with Crippen LogP contribution in [0, 0.1) is 18.3 Å². The van der Waals surface area contributed by atoms with Gasteiger partial charge in [0, 0.05) is 23.4 Å². The molecule has 1 atom stereocenters. The number of amides is 1. The molecule has 1 amide bonds. The largest absolute Gasteiger partial charge is 0.489 e. The SMILES string of the molecule is Cc1ccc(COc2cccc(-c3nn(-c4ccccc4)cc3/C=C(/C#N)C(=O)NC3CCS(=O)(=O)C3)c2)cc1. The summed E-state index contributed by atoms with van der Waals surface area (Å²) in [6.07, 6.45) is 3.58. The van der Waals surface area contributed by atoms with Gasteiger partial charge in [0.25, 0.3) is 5.91 Å². The van der Waals surface area contributed by atoms with E-state index in [9.17, 15) is 18.5 Å². The number of carbonyl (C=O) groups is 1. The number of rotatable bonds is 8.